The van der Waals surface area contributed by atoms with E-state index in [1.165, 1.54) is 6.07 Å². The lowest BCUT2D eigenvalue weighted by Crippen LogP contribution is -2.03. The fourth-order valence-electron chi connectivity index (χ4n) is 1.31. The summed E-state index contributed by atoms with van der Waals surface area (Å²) >= 11 is 4.22. The van der Waals surface area contributed by atoms with Gasteiger partial charge in [-0.15, -0.1) is 11.3 Å². The Labute approximate surface area is 115 Å². The van der Waals surface area contributed by atoms with Crippen LogP contribution in [0.15, 0.2) is 28.1 Å². The quantitative estimate of drug-likeness (QED) is 0.902. The predicted molar refractivity (Wildman–Crippen MR) is 70.5 cm³/mol. The van der Waals surface area contributed by atoms with Crippen molar-refractivity contribution in [2.75, 3.05) is 5.32 Å². The monoisotopic (exact) mass is 330 g/mol. The first kappa shape index (κ1) is 13.0. The van der Waals surface area contributed by atoms with E-state index in [4.69, 9.17) is 5.11 Å². The van der Waals surface area contributed by atoms with E-state index in [0.717, 1.165) is 11.3 Å². The molecule has 0 aliphatic rings. The molecule has 4 nitrogen and oxygen atoms in total. The molecule has 0 aliphatic carbocycles. The molecule has 94 valence electrons. The largest absolute Gasteiger partial charge is 0.476 e. The van der Waals surface area contributed by atoms with Crippen LogP contribution in [0.25, 0.3) is 0 Å². The molecule has 0 spiro atoms. The number of thiazole rings is 1. The highest BCUT2D eigenvalue weighted by molar-refractivity contribution is 9.10. The number of aromatic nitrogens is 1. The highest BCUT2D eigenvalue weighted by Gasteiger charge is 2.09. The minimum atomic E-state index is -1.05. The molecule has 0 amide bonds. The van der Waals surface area contributed by atoms with Crippen molar-refractivity contribution in [3.8, 4) is 0 Å². The van der Waals surface area contributed by atoms with Crippen LogP contribution in [0.2, 0.25) is 0 Å². The van der Waals surface area contributed by atoms with Gasteiger partial charge in [-0.25, -0.2) is 14.2 Å². The van der Waals surface area contributed by atoms with Crippen molar-refractivity contribution in [3.05, 3.63) is 44.6 Å². The summed E-state index contributed by atoms with van der Waals surface area (Å²) in [5.41, 5.74) is 0.919. The lowest BCUT2D eigenvalue weighted by atomic mass is 10.3. The molecular formula is C11H8BrFN2O2S. The topological polar surface area (TPSA) is 62.2 Å². The number of rotatable bonds is 4. The summed E-state index contributed by atoms with van der Waals surface area (Å²) in [6.45, 7) is 0.280. The van der Waals surface area contributed by atoms with E-state index in [1.54, 1.807) is 17.5 Å². The highest BCUT2D eigenvalue weighted by Crippen LogP contribution is 2.20. The Kier molecular flexibility index (Phi) is 3.93. The minimum Gasteiger partial charge on any atom is -0.476 e. The van der Waals surface area contributed by atoms with Crippen molar-refractivity contribution in [2.45, 2.75) is 6.54 Å². The predicted octanol–water partition coefficient (Wildman–Crippen LogP) is 3.36. The van der Waals surface area contributed by atoms with Gasteiger partial charge in [0.05, 0.1) is 17.9 Å². The van der Waals surface area contributed by atoms with Gasteiger partial charge in [-0.2, -0.15) is 0 Å². The second-order valence-electron chi connectivity index (χ2n) is 3.43. The van der Waals surface area contributed by atoms with Crippen LogP contribution in [-0.2, 0) is 6.54 Å². The van der Waals surface area contributed by atoms with Crippen LogP contribution < -0.4 is 5.32 Å². The molecule has 1 aromatic carbocycles. The number of hydrogen-bond acceptors (Lipinski definition) is 4. The molecule has 2 aromatic rings. The van der Waals surface area contributed by atoms with Crippen molar-refractivity contribution in [2.24, 2.45) is 0 Å². The number of hydrogen-bond donors (Lipinski definition) is 2. The molecular weight excluding hydrogens is 323 g/mol. The molecule has 0 fully saturated rings. The minimum absolute atomic E-state index is 0.0306. The van der Waals surface area contributed by atoms with Crippen LogP contribution in [0.5, 0.6) is 0 Å². The van der Waals surface area contributed by atoms with Crippen molar-refractivity contribution in [1.82, 2.24) is 4.98 Å². The Bertz CT molecular complexity index is 588. The number of carbonyl (C=O) groups is 1. The lowest BCUT2D eigenvalue weighted by molar-refractivity contribution is 0.0696. The van der Waals surface area contributed by atoms with Gasteiger partial charge in [-0.3, -0.25) is 0 Å². The molecule has 0 bridgehead atoms. The molecule has 0 aliphatic heterocycles. The van der Waals surface area contributed by atoms with Crippen LogP contribution >= 0.6 is 27.3 Å². The first-order valence-corrected chi connectivity index (χ1v) is 6.60. The van der Waals surface area contributed by atoms with Crippen molar-refractivity contribution < 1.29 is 14.3 Å². The molecule has 18 heavy (non-hydrogen) atoms. The van der Waals surface area contributed by atoms with Crippen LogP contribution in [0, 0.1) is 5.82 Å². The van der Waals surface area contributed by atoms with Gasteiger partial charge in [-0.1, -0.05) is 15.9 Å². The van der Waals surface area contributed by atoms with Gasteiger partial charge in [0.15, 0.2) is 0 Å². The average Bonchev–Trinajstić information content (AvgIpc) is 2.76. The number of halogens is 2. The van der Waals surface area contributed by atoms with E-state index in [2.05, 4.69) is 26.2 Å². The maximum absolute atomic E-state index is 13.5. The molecule has 1 heterocycles. The number of benzene rings is 1. The van der Waals surface area contributed by atoms with Gasteiger partial charge in [0.2, 0.25) is 5.01 Å². The third kappa shape index (κ3) is 3.05. The van der Waals surface area contributed by atoms with Crippen LogP contribution in [0.4, 0.5) is 10.1 Å². The number of aromatic carboxylic acids is 1. The van der Waals surface area contributed by atoms with E-state index in [1.807, 2.05) is 0 Å². The van der Waals surface area contributed by atoms with Gasteiger partial charge < -0.3 is 10.4 Å². The summed E-state index contributed by atoms with van der Waals surface area (Å²) in [6, 6.07) is 4.67. The summed E-state index contributed by atoms with van der Waals surface area (Å²) < 4.78 is 14.1. The van der Waals surface area contributed by atoms with E-state index >= 15 is 0 Å². The fourth-order valence-corrected chi connectivity index (χ4v) is 2.29. The smallest absolute Gasteiger partial charge is 0.365 e. The van der Waals surface area contributed by atoms with Gasteiger partial charge in [-0.05, 0) is 18.2 Å². The number of anilines is 1. The summed E-state index contributed by atoms with van der Waals surface area (Å²) in [5.74, 6) is -1.43. The maximum atomic E-state index is 13.5. The second-order valence-corrected chi connectivity index (χ2v) is 5.20. The molecule has 0 radical (unpaired) electrons. The number of carboxylic acids is 1. The Morgan fingerprint density at radius 1 is 1.56 bits per heavy atom. The first-order chi connectivity index (χ1) is 8.56. The Morgan fingerprint density at radius 3 is 2.94 bits per heavy atom. The molecule has 0 unspecified atom stereocenters. The third-order valence-electron chi connectivity index (χ3n) is 2.13. The molecule has 0 saturated heterocycles. The molecule has 2 rings (SSSR count). The average molecular weight is 331 g/mol. The highest BCUT2D eigenvalue weighted by atomic mass is 79.9. The van der Waals surface area contributed by atoms with E-state index in [-0.39, 0.29) is 17.4 Å². The summed E-state index contributed by atoms with van der Waals surface area (Å²) in [7, 11) is 0. The fraction of sp³-hybridized carbons (Fsp3) is 0.0909. The number of nitrogens with one attached hydrogen (secondary N) is 1. The zero-order valence-electron chi connectivity index (χ0n) is 8.98. The number of carboxylic acid groups (broad SMARTS) is 1. The second kappa shape index (κ2) is 5.45. The SMILES string of the molecule is O=C(O)c1nc(CNc2ccc(Br)cc2F)cs1. The van der Waals surface area contributed by atoms with Crippen molar-refractivity contribution in [1.29, 1.82) is 0 Å². The zero-order valence-corrected chi connectivity index (χ0v) is 11.4. The standard InChI is InChI=1S/C11H8BrFN2O2S/c12-6-1-2-9(8(13)3-6)14-4-7-5-18-10(15-7)11(16)17/h1-3,5,14H,4H2,(H,16,17). The molecule has 0 saturated carbocycles. The lowest BCUT2D eigenvalue weighted by Gasteiger charge is -2.05. The molecule has 1 aromatic heterocycles. The van der Waals surface area contributed by atoms with Gasteiger partial charge >= 0.3 is 5.97 Å². The Hall–Kier alpha value is -1.47. The molecule has 0 atom stereocenters. The van der Waals surface area contributed by atoms with E-state index in [9.17, 15) is 9.18 Å². The summed E-state index contributed by atoms with van der Waals surface area (Å²) in [4.78, 5) is 14.5. The summed E-state index contributed by atoms with van der Waals surface area (Å²) in [6.07, 6.45) is 0. The van der Waals surface area contributed by atoms with Crippen molar-refractivity contribution in [3.63, 3.8) is 0 Å². The Morgan fingerprint density at radius 2 is 2.33 bits per heavy atom. The van der Waals surface area contributed by atoms with Gasteiger partial charge in [0.25, 0.3) is 0 Å². The van der Waals surface area contributed by atoms with Gasteiger partial charge in [0, 0.05) is 9.85 Å². The van der Waals surface area contributed by atoms with Gasteiger partial charge in [0.1, 0.15) is 5.82 Å². The normalized spacial score (nSPS) is 10.3. The maximum Gasteiger partial charge on any atom is 0.365 e. The van der Waals surface area contributed by atoms with E-state index < -0.39 is 5.97 Å². The molecule has 2 N–H and O–H groups in total. The third-order valence-corrected chi connectivity index (χ3v) is 3.50. The van der Waals surface area contributed by atoms with Crippen LogP contribution in [0.1, 0.15) is 15.5 Å². The molecule has 7 heteroatoms. The van der Waals surface area contributed by atoms with Crippen LogP contribution in [-0.4, -0.2) is 16.1 Å². The van der Waals surface area contributed by atoms with E-state index in [0.29, 0.717) is 15.9 Å². The summed E-state index contributed by atoms with van der Waals surface area (Å²) in [5, 5.41) is 13.2. The first-order valence-electron chi connectivity index (χ1n) is 4.93. The Balaban J connectivity index is 2.04. The zero-order chi connectivity index (χ0) is 13.1. The van der Waals surface area contributed by atoms with Crippen molar-refractivity contribution >= 4 is 38.9 Å². The van der Waals surface area contributed by atoms with Crippen LogP contribution in [0.3, 0.4) is 0 Å². The number of nitrogens with zero attached hydrogens (tertiary/aromatic N) is 1.